The molecule has 1 N–H and O–H groups in total. The van der Waals surface area contributed by atoms with Crippen LogP contribution in [0.5, 0.6) is 17.2 Å². The van der Waals surface area contributed by atoms with Gasteiger partial charge >= 0.3 is 0 Å². The smallest absolute Gasteiger partial charge is 0.261 e. The Balaban J connectivity index is 1.69. The van der Waals surface area contributed by atoms with E-state index in [1.807, 2.05) is 0 Å². The van der Waals surface area contributed by atoms with E-state index in [9.17, 15) is 9.18 Å². The Bertz CT molecular complexity index is 996. The number of rotatable bonds is 8. The van der Waals surface area contributed by atoms with Crippen LogP contribution in [0.1, 0.15) is 15.9 Å². The van der Waals surface area contributed by atoms with Gasteiger partial charge in [0.15, 0.2) is 15.8 Å². The Hall–Kier alpha value is -2.85. The zero-order valence-corrected chi connectivity index (χ0v) is 17.5. The van der Waals surface area contributed by atoms with Crippen LogP contribution in [0.4, 0.5) is 9.52 Å². The fraction of sp³-hybridized carbons (Fsp3) is 0.211. The first-order chi connectivity index (χ1) is 14.0. The Morgan fingerprint density at radius 2 is 1.69 bits per heavy atom. The normalized spacial score (nSPS) is 10.5. The van der Waals surface area contributed by atoms with Crippen molar-refractivity contribution in [2.24, 2.45) is 0 Å². The molecule has 0 atom stereocenters. The summed E-state index contributed by atoms with van der Waals surface area (Å²) in [4.78, 5) is 12.7. The van der Waals surface area contributed by atoms with Crippen molar-refractivity contribution in [3.8, 4) is 17.2 Å². The average Bonchev–Trinajstić information content (AvgIpc) is 3.19. The first-order valence-corrected chi connectivity index (χ1v) is 10.2. The highest BCUT2D eigenvalue weighted by Crippen LogP contribution is 2.35. The fourth-order valence-electron chi connectivity index (χ4n) is 2.42. The number of aromatic nitrogens is 2. The molecule has 0 saturated carbocycles. The van der Waals surface area contributed by atoms with Crippen LogP contribution in [0.2, 0.25) is 0 Å². The van der Waals surface area contributed by atoms with Gasteiger partial charge in [0.1, 0.15) is 11.6 Å². The van der Waals surface area contributed by atoms with E-state index in [0.29, 0.717) is 32.5 Å². The molecule has 0 fully saturated rings. The quantitative estimate of drug-likeness (QED) is 0.418. The summed E-state index contributed by atoms with van der Waals surface area (Å²) in [5, 5.41) is 11.1. The Morgan fingerprint density at radius 1 is 1.03 bits per heavy atom. The minimum absolute atomic E-state index is 0.273. The summed E-state index contributed by atoms with van der Waals surface area (Å²) in [5.41, 5.74) is 1.24. The van der Waals surface area contributed by atoms with E-state index < -0.39 is 5.91 Å². The third-order valence-corrected chi connectivity index (χ3v) is 5.90. The maximum atomic E-state index is 13.0. The number of nitrogens with zero attached hydrogens (tertiary/aromatic N) is 2. The van der Waals surface area contributed by atoms with Crippen LogP contribution in [-0.2, 0) is 5.75 Å². The van der Waals surface area contributed by atoms with Crippen molar-refractivity contribution in [3.05, 3.63) is 53.3 Å². The second-order valence-corrected chi connectivity index (χ2v) is 7.85. The average molecular weight is 436 g/mol. The lowest BCUT2D eigenvalue weighted by atomic mass is 10.1. The van der Waals surface area contributed by atoms with Crippen molar-refractivity contribution in [2.75, 3.05) is 26.6 Å². The first kappa shape index (κ1) is 20.9. The first-order valence-electron chi connectivity index (χ1n) is 8.36. The molecule has 2 aromatic carbocycles. The summed E-state index contributed by atoms with van der Waals surface area (Å²) in [6, 6.07) is 9.39. The summed E-state index contributed by atoms with van der Waals surface area (Å²) in [6.45, 7) is 0. The van der Waals surface area contributed by atoms with E-state index >= 15 is 0 Å². The van der Waals surface area contributed by atoms with Crippen molar-refractivity contribution in [1.82, 2.24) is 10.2 Å². The lowest BCUT2D eigenvalue weighted by molar-refractivity contribution is 0.102. The lowest BCUT2D eigenvalue weighted by Crippen LogP contribution is -2.13. The zero-order valence-electron chi connectivity index (χ0n) is 15.9. The number of hydrogen-bond acceptors (Lipinski definition) is 8. The van der Waals surface area contributed by atoms with Crippen LogP contribution in [-0.4, -0.2) is 37.4 Å². The number of thioether (sulfide) groups is 1. The molecule has 10 heteroatoms. The number of hydrogen-bond donors (Lipinski definition) is 1. The highest BCUT2D eigenvalue weighted by molar-refractivity contribution is 8.00. The maximum Gasteiger partial charge on any atom is 0.261 e. The second kappa shape index (κ2) is 9.57. The summed E-state index contributed by atoms with van der Waals surface area (Å²) < 4.78 is 29.4. The summed E-state index contributed by atoms with van der Waals surface area (Å²) in [6.07, 6.45) is 0. The molecule has 0 saturated heterocycles. The molecule has 0 aliphatic heterocycles. The van der Waals surface area contributed by atoms with Crippen LogP contribution in [0.25, 0.3) is 0 Å². The van der Waals surface area contributed by atoms with Crippen LogP contribution < -0.4 is 19.5 Å². The van der Waals surface area contributed by atoms with Gasteiger partial charge in [0.05, 0.1) is 26.9 Å². The number of amides is 1. The molecule has 1 aromatic heterocycles. The third-order valence-electron chi connectivity index (χ3n) is 3.85. The highest BCUT2D eigenvalue weighted by atomic mass is 32.2. The molecule has 3 aromatic rings. The molecule has 1 amide bonds. The molecular formula is C19H18FN3O4S2. The van der Waals surface area contributed by atoms with E-state index in [4.69, 9.17) is 14.2 Å². The molecule has 1 heterocycles. The highest BCUT2D eigenvalue weighted by Gasteiger charge is 2.19. The van der Waals surface area contributed by atoms with Crippen LogP contribution in [0.15, 0.2) is 40.7 Å². The van der Waals surface area contributed by atoms with Crippen molar-refractivity contribution < 1.29 is 23.4 Å². The van der Waals surface area contributed by atoms with E-state index in [1.165, 1.54) is 62.6 Å². The number of ether oxygens (including phenoxy) is 3. The predicted molar refractivity (Wildman–Crippen MR) is 110 cm³/mol. The monoisotopic (exact) mass is 435 g/mol. The molecule has 0 bridgehead atoms. The van der Waals surface area contributed by atoms with Crippen molar-refractivity contribution >= 4 is 34.1 Å². The predicted octanol–water partition coefficient (Wildman–Crippen LogP) is 4.25. The van der Waals surface area contributed by atoms with Crippen LogP contribution in [0.3, 0.4) is 0 Å². The van der Waals surface area contributed by atoms with E-state index in [-0.39, 0.29) is 11.4 Å². The number of anilines is 1. The second-order valence-electron chi connectivity index (χ2n) is 5.65. The molecule has 0 aliphatic carbocycles. The molecule has 29 heavy (non-hydrogen) atoms. The number of carbonyl (C=O) groups excluding carboxylic acids is 1. The standard InChI is InChI=1S/C19H18FN3O4S2/c1-25-14-9-16(27-3)15(26-2)8-13(14)17(24)21-18-22-23-19(29-18)28-10-11-4-6-12(20)7-5-11/h4-9H,10H2,1-3H3,(H,21,22,24). The number of benzene rings is 2. The number of methoxy groups -OCH3 is 3. The fourth-order valence-corrected chi connectivity index (χ4v) is 4.12. The minimum Gasteiger partial charge on any atom is -0.496 e. The van der Waals surface area contributed by atoms with Gasteiger partial charge in [-0.05, 0) is 17.7 Å². The topological polar surface area (TPSA) is 82.6 Å². The van der Waals surface area contributed by atoms with Gasteiger partial charge in [0.25, 0.3) is 5.91 Å². The molecule has 152 valence electrons. The molecule has 0 unspecified atom stereocenters. The molecule has 0 aliphatic rings. The SMILES string of the molecule is COc1cc(OC)c(C(=O)Nc2nnc(SCc3ccc(F)cc3)s2)cc1OC. The summed E-state index contributed by atoms with van der Waals surface area (Å²) in [7, 11) is 4.46. The summed E-state index contributed by atoms with van der Waals surface area (Å²) in [5.74, 6) is 1.14. The summed E-state index contributed by atoms with van der Waals surface area (Å²) >= 11 is 2.70. The van der Waals surface area contributed by atoms with Crippen LogP contribution in [0, 0.1) is 5.82 Å². The molecule has 0 radical (unpaired) electrons. The maximum absolute atomic E-state index is 13.0. The van der Waals surface area contributed by atoms with Gasteiger partial charge in [-0.2, -0.15) is 0 Å². The lowest BCUT2D eigenvalue weighted by Gasteiger charge is -2.13. The van der Waals surface area contributed by atoms with E-state index in [0.717, 1.165) is 5.56 Å². The molecule has 3 rings (SSSR count). The van der Waals surface area contributed by atoms with Crippen molar-refractivity contribution in [3.63, 3.8) is 0 Å². The van der Waals surface area contributed by atoms with Gasteiger partial charge in [-0.3, -0.25) is 10.1 Å². The molecule has 7 nitrogen and oxygen atoms in total. The van der Waals surface area contributed by atoms with Crippen molar-refractivity contribution in [2.45, 2.75) is 10.1 Å². The van der Waals surface area contributed by atoms with E-state index in [1.54, 1.807) is 18.2 Å². The largest absolute Gasteiger partial charge is 0.496 e. The van der Waals surface area contributed by atoms with E-state index in [2.05, 4.69) is 15.5 Å². The Morgan fingerprint density at radius 3 is 2.34 bits per heavy atom. The van der Waals surface area contributed by atoms with Gasteiger partial charge in [0, 0.05) is 17.9 Å². The molecule has 0 spiro atoms. The molecular weight excluding hydrogens is 417 g/mol. The van der Waals surface area contributed by atoms with Gasteiger partial charge in [0.2, 0.25) is 5.13 Å². The number of halogens is 1. The van der Waals surface area contributed by atoms with Gasteiger partial charge in [-0.15, -0.1) is 10.2 Å². The van der Waals surface area contributed by atoms with Crippen LogP contribution >= 0.6 is 23.1 Å². The minimum atomic E-state index is -0.408. The van der Waals surface area contributed by atoms with Gasteiger partial charge < -0.3 is 14.2 Å². The van der Waals surface area contributed by atoms with Crippen molar-refractivity contribution in [1.29, 1.82) is 0 Å². The Kier molecular flexibility index (Phi) is 6.89. The Labute approximate surface area is 175 Å². The third kappa shape index (κ3) is 5.15. The zero-order chi connectivity index (χ0) is 20.8. The van der Waals surface area contributed by atoms with Gasteiger partial charge in [-0.25, -0.2) is 4.39 Å². The number of nitrogens with one attached hydrogen (secondary N) is 1. The van der Waals surface area contributed by atoms with Gasteiger partial charge in [-0.1, -0.05) is 35.2 Å². The number of carbonyl (C=O) groups is 1.